The smallest absolute Gasteiger partial charge is 0.178 e. The van der Waals surface area contributed by atoms with Gasteiger partial charge in [0.25, 0.3) is 0 Å². The largest absolute Gasteiger partial charge is 0.365 e. The number of nitrogens with one attached hydrogen (secondary N) is 1. The molecule has 3 aromatic heterocycles. The zero-order valence-corrected chi connectivity index (χ0v) is 14.0. The molecule has 0 saturated carbocycles. The average molecular weight is 333 g/mol. The lowest BCUT2D eigenvalue weighted by atomic mass is 10.1. The van der Waals surface area contributed by atoms with Crippen molar-refractivity contribution in [2.45, 2.75) is 26.4 Å². The van der Waals surface area contributed by atoms with Crippen LogP contribution < -0.4 is 5.32 Å². The first kappa shape index (κ1) is 15.3. The second-order valence-electron chi connectivity index (χ2n) is 5.86. The van der Waals surface area contributed by atoms with E-state index >= 15 is 0 Å². The number of aryl methyl sites for hydroxylation is 1. The maximum atomic E-state index is 4.56. The summed E-state index contributed by atoms with van der Waals surface area (Å²) in [5.41, 5.74) is 3.22. The van der Waals surface area contributed by atoms with E-state index < -0.39 is 0 Å². The van der Waals surface area contributed by atoms with E-state index in [2.05, 4.69) is 54.4 Å². The van der Waals surface area contributed by atoms with E-state index in [4.69, 9.17) is 0 Å². The molecule has 0 unspecified atom stereocenters. The van der Waals surface area contributed by atoms with Gasteiger partial charge < -0.3 is 9.88 Å². The van der Waals surface area contributed by atoms with Gasteiger partial charge >= 0.3 is 0 Å². The third kappa shape index (κ3) is 3.35. The molecule has 0 bridgehead atoms. The van der Waals surface area contributed by atoms with Gasteiger partial charge in [-0.1, -0.05) is 31.2 Å². The maximum Gasteiger partial charge on any atom is 0.178 e. The lowest BCUT2D eigenvalue weighted by Crippen LogP contribution is -2.05. The third-order valence-electron chi connectivity index (χ3n) is 4.06. The van der Waals surface area contributed by atoms with Crippen LogP contribution in [0.4, 0.5) is 5.82 Å². The van der Waals surface area contributed by atoms with E-state index in [9.17, 15) is 0 Å². The second-order valence-corrected chi connectivity index (χ2v) is 5.86. The van der Waals surface area contributed by atoms with Crippen LogP contribution in [0.2, 0.25) is 0 Å². The van der Waals surface area contributed by atoms with E-state index in [1.165, 1.54) is 11.1 Å². The molecule has 3 heterocycles. The Morgan fingerprint density at radius 2 is 1.84 bits per heavy atom. The average Bonchev–Trinajstić information content (AvgIpc) is 3.30. The van der Waals surface area contributed by atoms with Crippen LogP contribution in [-0.2, 0) is 19.5 Å². The Morgan fingerprint density at radius 3 is 2.60 bits per heavy atom. The van der Waals surface area contributed by atoms with Crippen LogP contribution in [0.5, 0.6) is 0 Å². The highest BCUT2D eigenvalue weighted by molar-refractivity contribution is 5.44. The van der Waals surface area contributed by atoms with Crippen LogP contribution >= 0.6 is 0 Å². The Labute approximate surface area is 145 Å². The normalized spacial score (nSPS) is 11.1. The number of nitrogens with zero attached hydrogens (tertiary/aromatic N) is 6. The quantitative estimate of drug-likeness (QED) is 0.587. The van der Waals surface area contributed by atoms with Crippen LogP contribution in [0.15, 0.2) is 55.1 Å². The topological polar surface area (TPSA) is 72.9 Å². The highest BCUT2D eigenvalue weighted by Crippen LogP contribution is 2.11. The number of hydrogen-bond acceptors (Lipinski definition) is 5. The molecule has 0 atom stereocenters. The number of rotatable bonds is 6. The summed E-state index contributed by atoms with van der Waals surface area (Å²) in [6.07, 6.45) is 6.39. The van der Waals surface area contributed by atoms with Gasteiger partial charge in [-0.2, -0.15) is 4.52 Å². The number of hydrogen-bond donors (Lipinski definition) is 1. The third-order valence-corrected chi connectivity index (χ3v) is 4.06. The van der Waals surface area contributed by atoms with E-state index in [-0.39, 0.29) is 0 Å². The fraction of sp³-hybridized carbons (Fsp3) is 0.222. The van der Waals surface area contributed by atoms with Crippen LogP contribution in [0.3, 0.4) is 0 Å². The molecule has 7 heteroatoms. The fourth-order valence-corrected chi connectivity index (χ4v) is 2.69. The molecular weight excluding hydrogens is 314 g/mol. The Kier molecular flexibility index (Phi) is 4.12. The predicted octanol–water partition coefficient (Wildman–Crippen LogP) is 2.54. The summed E-state index contributed by atoms with van der Waals surface area (Å²) >= 11 is 0. The molecule has 126 valence electrons. The molecule has 0 fully saturated rings. The van der Waals surface area contributed by atoms with E-state index in [0.29, 0.717) is 6.54 Å². The Morgan fingerprint density at radius 1 is 1.00 bits per heavy atom. The van der Waals surface area contributed by atoms with Crippen molar-refractivity contribution in [3.8, 4) is 0 Å². The molecule has 0 aliphatic heterocycles. The van der Waals surface area contributed by atoms with Crippen LogP contribution in [0.1, 0.15) is 23.9 Å². The molecule has 7 nitrogen and oxygen atoms in total. The molecule has 25 heavy (non-hydrogen) atoms. The van der Waals surface area contributed by atoms with Crippen molar-refractivity contribution >= 4 is 11.5 Å². The fourth-order valence-electron chi connectivity index (χ4n) is 2.69. The van der Waals surface area contributed by atoms with Crippen molar-refractivity contribution < 1.29 is 0 Å². The first-order chi connectivity index (χ1) is 12.3. The van der Waals surface area contributed by atoms with Gasteiger partial charge in [-0.15, -0.1) is 15.3 Å². The molecule has 4 aromatic rings. The predicted molar refractivity (Wildman–Crippen MR) is 95.3 cm³/mol. The highest BCUT2D eigenvalue weighted by atomic mass is 15.4. The Balaban J connectivity index is 1.42. The molecule has 0 radical (unpaired) electrons. The van der Waals surface area contributed by atoms with Gasteiger partial charge in [-0.3, -0.25) is 0 Å². The van der Waals surface area contributed by atoms with Crippen LogP contribution in [0, 0.1) is 0 Å². The van der Waals surface area contributed by atoms with Gasteiger partial charge in [0.05, 0.1) is 6.33 Å². The van der Waals surface area contributed by atoms with Gasteiger partial charge in [0.2, 0.25) is 0 Å². The van der Waals surface area contributed by atoms with Gasteiger partial charge in [0, 0.05) is 31.9 Å². The number of anilines is 1. The minimum absolute atomic E-state index is 0.716. The van der Waals surface area contributed by atoms with E-state index in [1.54, 1.807) is 10.7 Å². The summed E-state index contributed by atoms with van der Waals surface area (Å²) in [6.45, 7) is 3.59. The minimum Gasteiger partial charge on any atom is -0.365 e. The molecule has 0 aliphatic rings. The van der Waals surface area contributed by atoms with Crippen molar-refractivity contribution in [3.63, 3.8) is 0 Å². The second kappa shape index (κ2) is 6.72. The van der Waals surface area contributed by atoms with Crippen molar-refractivity contribution in [2.24, 2.45) is 0 Å². The van der Waals surface area contributed by atoms with Crippen molar-refractivity contribution in [1.82, 2.24) is 29.4 Å². The highest BCUT2D eigenvalue weighted by Gasteiger charge is 2.05. The molecule has 0 aliphatic carbocycles. The molecule has 1 N–H and O–H groups in total. The SMILES string of the molecule is CCc1nnc2ccc(NCc3ccc(Cn4ccnc4)cc3)nn12. The van der Waals surface area contributed by atoms with Gasteiger partial charge in [0.15, 0.2) is 11.5 Å². The van der Waals surface area contributed by atoms with Gasteiger partial charge in [-0.05, 0) is 23.3 Å². The Bertz CT molecular complexity index is 955. The molecule has 0 saturated heterocycles. The summed E-state index contributed by atoms with van der Waals surface area (Å²) in [7, 11) is 0. The number of fused-ring (bicyclic) bond motifs is 1. The molecule has 0 amide bonds. The van der Waals surface area contributed by atoms with E-state index in [0.717, 1.165) is 30.3 Å². The summed E-state index contributed by atoms with van der Waals surface area (Å²) in [4.78, 5) is 4.06. The molecule has 4 rings (SSSR count). The lowest BCUT2D eigenvalue weighted by Gasteiger charge is -2.08. The first-order valence-corrected chi connectivity index (χ1v) is 8.30. The Hall–Kier alpha value is -3.22. The summed E-state index contributed by atoms with van der Waals surface area (Å²) < 4.78 is 3.84. The van der Waals surface area contributed by atoms with Crippen molar-refractivity contribution in [1.29, 1.82) is 0 Å². The zero-order valence-electron chi connectivity index (χ0n) is 14.0. The standard InChI is InChI=1S/C18H19N7/c1-2-17-21-22-18-8-7-16(23-25(17)18)20-11-14-3-5-15(6-4-14)12-24-10-9-19-13-24/h3-10,13H,2,11-12H2,1H3,(H,20,23). The number of benzene rings is 1. The van der Waals surface area contributed by atoms with E-state index in [1.807, 2.05) is 31.6 Å². The van der Waals surface area contributed by atoms with Crippen molar-refractivity contribution in [3.05, 3.63) is 72.1 Å². The molecular formula is C18H19N7. The number of aromatic nitrogens is 6. The minimum atomic E-state index is 0.716. The summed E-state index contributed by atoms with van der Waals surface area (Å²) in [5, 5.41) is 16.2. The molecule has 0 spiro atoms. The van der Waals surface area contributed by atoms with Gasteiger partial charge in [0.1, 0.15) is 5.82 Å². The zero-order chi connectivity index (χ0) is 17.1. The van der Waals surface area contributed by atoms with Crippen LogP contribution in [-0.4, -0.2) is 29.4 Å². The number of imidazole rings is 1. The first-order valence-electron chi connectivity index (χ1n) is 8.30. The summed E-state index contributed by atoms with van der Waals surface area (Å²) in [5.74, 6) is 1.67. The lowest BCUT2D eigenvalue weighted by molar-refractivity contribution is 0.796. The van der Waals surface area contributed by atoms with Crippen molar-refractivity contribution in [2.75, 3.05) is 5.32 Å². The monoisotopic (exact) mass is 333 g/mol. The molecule has 1 aromatic carbocycles. The van der Waals surface area contributed by atoms with Gasteiger partial charge in [-0.25, -0.2) is 4.98 Å². The maximum absolute atomic E-state index is 4.56. The van der Waals surface area contributed by atoms with Crippen LogP contribution in [0.25, 0.3) is 5.65 Å². The summed E-state index contributed by atoms with van der Waals surface area (Å²) in [6, 6.07) is 12.4.